The zero-order valence-corrected chi connectivity index (χ0v) is 14.4. The number of pyridine rings is 1. The van der Waals surface area contributed by atoms with Gasteiger partial charge in [-0.1, -0.05) is 6.07 Å². The minimum atomic E-state index is -0.502. The number of hydrogen-bond acceptors (Lipinski definition) is 7. The molecule has 2 atom stereocenters. The van der Waals surface area contributed by atoms with Gasteiger partial charge in [0.1, 0.15) is 17.6 Å². The molecule has 2 aromatic heterocycles. The quantitative estimate of drug-likeness (QED) is 0.837. The van der Waals surface area contributed by atoms with Gasteiger partial charge < -0.3 is 20.1 Å². The monoisotopic (exact) mass is 341 g/mol. The Morgan fingerprint density at radius 3 is 2.84 bits per heavy atom. The average Bonchev–Trinajstić information content (AvgIpc) is 2.87. The Balaban J connectivity index is 1.78. The minimum absolute atomic E-state index is 0.187. The summed E-state index contributed by atoms with van der Waals surface area (Å²) >= 11 is 0. The Labute approximate surface area is 147 Å². The fourth-order valence-electron chi connectivity index (χ4n) is 3.56. The molecule has 0 saturated carbocycles. The van der Waals surface area contributed by atoms with E-state index in [-0.39, 0.29) is 6.10 Å². The molecule has 25 heavy (non-hydrogen) atoms. The highest BCUT2D eigenvalue weighted by Crippen LogP contribution is 2.29. The lowest BCUT2D eigenvalue weighted by molar-refractivity contribution is 0.0217. The van der Waals surface area contributed by atoms with Gasteiger partial charge >= 0.3 is 0 Å². The first kappa shape index (κ1) is 16.4. The first-order valence-corrected chi connectivity index (χ1v) is 8.74. The van der Waals surface area contributed by atoms with Crippen LogP contribution < -0.4 is 10.2 Å². The topological polar surface area (TPSA) is 83.4 Å². The fourth-order valence-corrected chi connectivity index (χ4v) is 3.56. The average molecular weight is 341 g/mol. The molecule has 2 aliphatic heterocycles. The molecule has 0 aliphatic carbocycles. The van der Waals surface area contributed by atoms with Crippen LogP contribution in [0.1, 0.15) is 11.3 Å². The van der Waals surface area contributed by atoms with E-state index in [0.717, 1.165) is 43.1 Å². The third kappa shape index (κ3) is 3.22. The van der Waals surface area contributed by atoms with E-state index in [2.05, 4.69) is 15.2 Å². The molecule has 2 N–H and O–H groups in total. The molecular weight excluding hydrogens is 318 g/mol. The summed E-state index contributed by atoms with van der Waals surface area (Å²) in [5.74, 6) is 1.56. The van der Waals surface area contributed by atoms with Crippen molar-refractivity contribution in [3.05, 3.63) is 35.7 Å². The number of aliphatic hydroxyl groups is 1. The first-order valence-electron chi connectivity index (χ1n) is 8.74. The highest BCUT2D eigenvalue weighted by molar-refractivity contribution is 5.59. The Morgan fingerprint density at radius 2 is 2.08 bits per heavy atom. The van der Waals surface area contributed by atoms with Crippen LogP contribution in [0.25, 0.3) is 11.5 Å². The molecular formula is C18H23N5O2. The minimum Gasteiger partial charge on any atom is -0.388 e. The van der Waals surface area contributed by atoms with Crippen LogP contribution in [0, 0.1) is 0 Å². The zero-order chi connectivity index (χ0) is 17.2. The van der Waals surface area contributed by atoms with Crippen molar-refractivity contribution in [2.45, 2.75) is 25.0 Å². The molecule has 4 rings (SSSR count). The van der Waals surface area contributed by atoms with E-state index in [9.17, 15) is 5.11 Å². The van der Waals surface area contributed by atoms with E-state index >= 15 is 0 Å². The lowest BCUT2D eigenvalue weighted by Gasteiger charge is -2.22. The van der Waals surface area contributed by atoms with Gasteiger partial charge in [-0.3, -0.25) is 4.98 Å². The van der Waals surface area contributed by atoms with Crippen molar-refractivity contribution in [3.63, 3.8) is 0 Å². The van der Waals surface area contributed by atoms with Gasteiger partial charge in [0.15, 0.2) is 5.82 Å². The third-order valence-corrected chi connectivity index (χ3v) is 4.89. The molecule has 1 saturated heterocycles. The Morgan fingerprint density at radius 1 is 1.20 bits per heavy atom. The van der Waals surface area contributed by atoms with Gasteiger partial charge in [-0.05, 0) is 25.1 Å². The van der Waals surface area contributed by atoms with Gasteiger partial charge in [0.05, 0.1) is 11.8 Å². The Hall–Kier alpha value is -2.09. The van der Waals surface area contributed by atoms with Gasteiger partial charge in [-0.25, -0.2) is 9.97 Å². The molecule has 0 unspecified atom stereocenters. The summed E-state index contributed by atoms with van der Waals surface area (Å²) in [7, 11) is 1.64. The fraction of sp³-hybridized carbons (Fsp3) is 0.500. The highest BCUT2D eigenvalue weighted by Gasteiger charge is 2.34. The van der Waals surface area contributed by atoms with Crippen LogP contribution in [0.2, 0.25) is 0 Å². The second-order valence-corrected chi connectivity index (χ2v) is 6.51. The third-order valence-electron chi connectivity index (χ3n) is 4.89. The maximum absolute atomic E-state index is 10.2. The maximum atomic E-state index is 10.2. The maximum Gasteiger partial charge on any atom is 0.180 e. The summed E-state index contributed by atoms with van der Waals surface area (Å²) in [4.78, 5) is 16.2. The van der Waals surface area contributed by atoms with Crippen molar-refractivity contribution in [3.8, 4) is 11.5 Å². The number of ether oxygens (including phenoxy) is 1. The standard InChI is InChI=1S/C18H23N5O2/c1-25-16-11-23(10-15(16)24)18-12-5-8-19-9-6-13(12)21-17(22-18)14-4-2-3-7-20-14/h2-4,7,15-16,19,24H,5-6,8-11H2,1H3/t15-,16-/m0/s1. The van der Waals surface area contributed by atoms with E-state index < -0.39 is 6.10 Å². The molecule has 0 bridgehead atoms. The number of hydrogen-bond donors (Lipinski definition) is 2. The van der Waals surface area contributed by atoms with Gasteiger partial charge in [0.25, 0.3) is 0 Å². The molecule has 1 fully saturated rings. The Bertz CT molecular complexity index is 740. The van der Waals surface area contributed by atoms with Crippen molar-refractivity contribution in [1.29, 1.82) is 0 Å². The van der Waals surface area contributed by atoms with Gasteiger partial charge in [0, 0.05) is 44.9 Å². The predicted molar refractivity (Wildman–Crippen MR) is 94.6 cm³/mol. The number of nitrogens with zero attached hydrogens (tertiary/aromatic N) is 4. The van der Waals surface area contributed by atoms with Crippen molar-refractivity contribution < 1.29 is 9.84 Å². The number of rotatable bonds is 3. The summed E-state index contributed by atoms with van der Waals surface area (Å²) in [6.07, 6.45) is 2.82. The molecule has 0 radical (unpaired) electrons. The Kier molecular flexibility index (Phi) is 4.61. The van der Waals surface area contributed by atoms with Gasteiger partial charge in [-0.2, -0.15) is 0 Å². The molecule has 7 heteroatoms. The van der Waals surface area contributed by atoms with Crippen molar-refractivity contribution in [1.82, 2.24) is 20.3 Å². The molecule has 0 spiro atoms. The largest absolute Gasteiger partial charge is 0.388 e. The molecule has 4 heterocycles. The number of methoxy groups -OCH3 is 1. The first-order chi connectivity index (χ1) is 12.3. The van der Waals surface area contributed by atoms with E-state index in [1.165, 1.54) is 5.56 Å². The van der Waals surface area contributed by atoms with E-state index in [0.29, 0.717) is 18.9 Å². The highest BCUT2D eigenvalue weighted by atomic mass is 16.5. The van der Waals surface area contributed by atoms with E-state index in [1.807, 2.05) is 18.2 Å². The second-order valence-electron chi connectivity index (χ2n) is 6.51. The predicted octanol–water partition coefficient (Wildman–Crippen LogP) is 0.423. The number of anilines is 1. The molecule has 2 aliphatic rings. The molecule has 132 valence electrons. The summed E-state index contributed by atoms with van der Waals surface area (Å²) in [6, 6.07) is 5.76. The van der Waals surface area contributed by atoms with Crippen LogP contribution in [-0.2, 0) is 17.6 Å². The van der Waals surface area contributed by atoms with Crippen LogP contribution in [-0.4, -0.2) is 65.6 Å². The number of β-amino-alcohol motifs (C(OH)–C–C–N with tert-alkyl or cyclic N) is 1. The summed E-state index contributed by atoms with van der Waals surface area (Å²) in [6.45, 7) is 2.98. The lowest BCUT2D eigenvalue weighted by atomic mass is 10.1. The zero-order valence-electron chi connectivity index (χ0n) is 14.4. The normalized spacial score (nSPS) is 23.4. The molecule has 2 aromatic rings. The molecule has 0 amide bonds. The van der Waals surface area contributed by atoms with Crippen LogP contribution in [0.3, 0.4) is 0 Å². The smallest absolute Gasteiger partial charge is 0.180 e. The molecule has 7 nitrogen and oxygen atoms in total. The van der Waals surface area contributed by atoms with Crippen molar-refractivity contribution >= 4 is 5.82 Å². The summed E-state index contributed by atoms with van der Waals surface area (Å²) in [5.41, 5.74) is 3.02. The van der Waals surface area contributed by atoms with Crippen LogP contribution >= 0.6 is 0 Å². The van der Waals surface area contributed by atoms with Crippen LogP contribution in [0.4, 0.5) is 5.82 Å². The van der Waals surface area contributed by atoms with E-state index in [4.69, 9.17) is 14.7 Å². The number of aromatic nitrogens is 3. The van der Waals surface area contributed by atoms with Crippen molar-refractivity contribution in [2.24, 2.45) is 0 Å². The van der Waals surface area contributed by atoms with Gasteiger partial charge in [0.2, 0.25) is 0 Å². The SMILES string of the molecule is CO[C@H]1CN(c2nc(-c3ccccn3)nc3c2CCNCC3)C[C@@H]1O. The number of nitrogens with one attached hydrogen (secondary N) is 1. The van der Waals surface area contributed by atoms with Crippen LogP contribution in [0.5, 0.6) is 0 Å². The number of aliphatic hydroxyl groups excluding tert-OH is 1. The number of fused-ring (bicyclic) bond motifs is 1. The second kappa shape index (κ2) is 7.03. The summed E-state index contributed by atoms with van der Waals surface area (Å²) in [5, 5.41) is 13.7. The van der Waals surface area contributed by atoms with Crippen LogP contribution in [0.15, 0.2) is 24.4 Å². The lowest BCUT2D eigenvalue weighted by Crippen LogP contribution is -2.26. The van der Waals surface area contributed by atoms with Gasteiger partial charge in [-0.15, -0.1) is 0 Å². The molecule has 0 aromatic carbocycles. The summed E-state index contributed by atoms with van der Waals surface area (Å²) < 4.78 is 5.40. The van der Waals surface area contributed by atoms with Crippen molar-refractivity contribution in [2.75, 3.05) is 38.2 Å². The van der Waals surface area contributed by atoms with E-state index in [1.54, 1.807) is 13.3 Å².